The Hall–Kier alpha value is -1.67. The van der Waals surface area contributed by atoms with E-state index in [1.54, 1.807) is 0 Å². The van der Waals surface area contributed by atoms with Crippen LogP contribution in [0, 0.1) is 13.8 Å². The summed E-state index contributed by atoms with van der Waals surface area (Å²) >= 11 is 0. The first-order valence-corrected chi connectivity index (χ1v) is 5.87. The summed E-state index contributed by atoms with van der Waals surface area (Å²) in [5, 5.41) is 3.21. The molecule has 0 unspecified atom stereocenters. The van der Waals surface area contributed by atoms with Gasteiger partial charge in [0.2, 0.25) is 0 Å². The van der Waals surface area contributed by atoms with Crippen LogP contribution >= 0.6 is 0 Å². The molecule has 0 saturated heterocycles. The van der Waals surface area contributed by atoms with Crippen molar-refractivity contribution < 1.29 is 0 Å². The first-order chi connectivity index (χ1) is 8.20. The Labute approximate surface area is 103 Å². The average molecular weight is 226 g/mol. The Morgan fingerprint density at radius 3 is 2.59 bits per heavy atom. The highest BCUT2D eigenvalue weighted by Crippen LogP contribution is 2.25. The van der Waals surface area contributed by atoms with Gasteiger partial charge in [0.25, 0.3) is 0 Å². The Bertz CT molecular complexity index is 518. The van der Waals surface area contributed by atoms with Gasteiger partial charge in [-0.05, 0) is 43.7 Å². The van der Waals surface area contributed by atoms with Crippen LogP contribution in [0.1, 0.15) is 16.7 Å². The largest absolute Gasteiger partial charge is 0.316 e. The minimum absolute atomic E-state index is 0.879. The summed E-state index contributed by atoms with van der Waals surface area (Å²) < 4.78 is 0. The minimum Gasteiger partial charge on any atom is -0.316 e. The van der Waals surface area contributed by atoms with E-state index in [1.165, 1.54) is 27.8 Å². The van der Waals surface area contributed by atoms with E-state index in [9.17, 15) is 0 Å². The van der Waals surface area contributed by atoms with Crippen molar-refractivity contribution in [1.82, 2.24) is 10.3 Å². The smallest absolute Gasteiger partial charge is 0.0346 e. The summed E-state index contributed by atoms with van der Waals surface area (Å²) in [6.45, 7) is 5.07. The second-order valence-corrected chi connectivity index (χ2v) is 4.44. The molecule has 17 heavy (non-hydrogen) atoms. The van der Waals surface area contributed by atoms with E-state index in [0.717, 1.165) is 6.54 Å². The second kappa shape index (κ2) is 5.11. The van der Waals surface area contributed by atoms with Gasteiger partial charge in [-0.1, -0.05) is 23.8 Å². The summed E-state index contributed by atoms with van der Waals surface area (Å²) in [4.78, 5) is 4.27. The zero-order chi connectivity index (χ0) is 12.3. The first kappa shape index (κ1) is 11.8. The van der Waals surface area contributed by atoms with Crippen molar-refractivity contribution in [2.75, 3.05) is 7.05 Å². The number of nitrogens with zero attached hydrogens (tertiary/aromatic N) is 1. The summed E-state index contributed by atoms with van der Waals surface area (Å²) in [5.41, 5.74) is 6.25. The number of hydrogen-bond acceptors (Lipinski definition) is 2. The van der Waals surface area contributed by atoms with Gasteiger partial charge in [-0.2, -0.15) is 0 Å². The molecule has 0 fully saturated rings. The lowest BCUT2D eigenvalue weighted by Gasteiger charge is -2.11. The van der Waals surface area contributed by atoms with Crippen LogP contribution in [0.2, 0.25) is 0 Å². The fraction of sp³-hybridized carbons (Fsp3) is 0.267. The molecule has 1 heterocycles. The van der Waals surface area contributed by atoms with E-state index < -0.39 is 0 Å². The lowest BCUT2D eigenvalue weighted by molar-refractivity contribution is 0.819. The summed E-state index contributed by atoms with van der Waals surface area (Å²) in [6.07, 6.45) is 3.82. The lowest BCUT2D eigenvalue weighted by Crippen LogP contribution is -2.06. The zero-order valence-corrected chi connectivity index (χ0v) is 10.6. The molecule has 0 aliphatic heterocycles. The molecule has 0 aliphatic carbocycles. The predicted molar refractivity (Wildman–Crippen MR) is 71.9 cm³/mol. The molecule has 0 saturated carbocycles. The molecular formula is C15H18N2. The number of benzene rings is 1. The Morgan fingerprint density at radius 1 is 1.06 bits per heavy atom. The second-order valence-electron chi connectivity index (χ2n) is 4.44. The molecule has 0 atom stereocenters. The highest BCUT2D eigenvalue weighted by molar-refractivity contribution is 5.67. The summed E-state index contributed by atoms with van der Waals surface area (Å²) in [5.74, 6) is 0. The van der Waals surface area contributed by atoms with Crippen molar-refractivity contribution in [3.63, 3.8) is 0 Å². The van der Waals surface area contributed by atoms with Crippen molar-refractivity contribution in [3.8, 4) is 11.1 Å². The lowest BCUT2D eigenvalue weighted by atomic mass is 9.98. The molecule has 2 rings (SSSR count). The fourth-order valence-corrected chi connectivity index (χ4v) is 2.01. The molecule has 2 nitrogen and oxygen atoms in total. The Balaban J connectivity index is 2.52. The Kier molecular flexibility index (Phi) is 3.55. The number of nitrogens with one attached hydrogen (secondary N) is 1. The van der Waals surface area contributed by atoms with E-state index in [1.807, 2.05) is 19.4 Å². The molecule has 1 aromatic carbocycles. The van der Waals surface area contributed by atoms with E-state index in [2.05, 4.69) is 48.4 Å². The van der Waals surface area contributed by atoms with E-state index in [0.29, 0.717) is 0 Å². The van der Waals surface area contributed by atoms with E-state index in [-0.39, 0.29) is 0 Å². The molecule has 0 bridgehead atoms. The van der Waals surface area contributed by atoms with E-state index >= 15 is 0 Å². The fourth-order valence-electron chi connectivity index (χ4n) is 2.01. The number of aromatic nitrogens is 1. The maximum Gasteiger partial charge on any atom is 0.0346 e. The van der Waals surface area contributed by atoms with Crippen LogP contribution in [0.25, 0.3) is 11.1 Å². The Morgan fingerprint density at radius 2 is 1.88 bits per heavy atom. The highest BCUT2D eigenvalue weighted by Gasteiger charge is 2.05. The van der Waals surface area contributed by atoms with Gasteiger partial charge in [-0.25, -0.2) is 0 Å². The van der Waals surface area contributed by atoms with Gasteiger partial charge >= 0.3 is 0 Å². The van der Waals surface area contributed by atoms with Gasteiger partial charge in [0.1, 0.15) is 0 Å². The number of hydrogen-bond donors (Lipinski definition) is 1. The van der Waals surface area contributed by atoms with Gasteiger partial charge in [0.15, 0.2) is 0 Å². The third kappa shape index (κ3) is 2.71. The molecule has 0 aliphatic rings. The van der Waals surface area contributed by atoms with Crippen molar-refractivity contribution in [1.29, 1.82) is 0 Å². The zero-order valence-electron chi connectivity index (χ0n) is 10.6. The number of pyridine rings is 1. The molecule has 2 heteroatoms. The third-order valence-electron chi connectivity index (χ3n) is 2.82. The minimum atomic E-state index is 0.879. The van der Waals surface area contributed by atoms with Crippen molar-refractivity contribution >= 4 is 0 Å². The van der Waals surface area contributed by atoms with Crippen molar-refractivity contribution in [3.05, 3.63) is 53.3 Å². The standard InChI is InChI=1S/C15H18N2/c1-11-4-5-13(9-16-3)15(7-11)14-6-12(2)8-17-10-14/h4-8,10,16H,9H2,1-3H3. The molecule has 1 aromatic heterocycles. The molecule has 1 N–H and O–H groups in total. The molecule has 0 amide bonds. The third-order valence-corrected chi connectivity index (χ3v) is 2.82. The predicted octanol–water partition coefficient (Wildman–Crippen LogP) is 3.08. The van der Waals surface area contributed by atoms with Gasteiger partial charge < -0.3 is 5.32 Å². The van der Waals surface area contributed by atoms with Crippen LogP contribution in [0.5, 0.6) is 0 Å². The highest BCUT2D eigenvalue weighted by atomic mass is 14.8. The van der Waals surface area contributed by atoms with Gasteiger partial charge in [0, 0.05) is 24.5 Å². The van der Waals surface area contributed by atoms with Crippen LogP contribution in [-0.4, -0.2) is 12.0 Å². The average Bonchev–Trinajstić information content (AvgIpc) is 2.32. The van der Waals surface area contributed by atoms with Crippen molar-refractivity contribution in [2.24, 2.45) is 0 Å². The van der Waals surface area contributed by atoms with Crippen LogP contribution in [0.3, 0.4) is 0 Å². The first-order valence-electron chi connectivity index (χ1n) is 5.87. The quantitative estimate of drug-likeness (QED) is 0.870. The van der Waals surface area contributed by atoms with Crippen LogP contribution in [0.15, 0.2) is 36.7 Å². The van der Waals surface area contributed by atoms with Gasteiger partial charge in [-0.3, -0.25) is 4.98 Å². The number of rotatable bonds is 3. The molecular weight excluding hydrogens is 208 g/mol. The SMILES string of the molecule is CNCc1ccc(C)cc1-c1cncc(C)c1. The van der Waals surface area contributed by atoms with Crippen LogP contribution < -0.4 is 5.32 Å². The van der Waals surface area contributed by atoms with Gasteiger partial charge in [-0.15, -0.1) is 0 Å². The molecule has 0 spiro atoms. The van der Waals surface area contributed by atoms with Crippen molar-refractivity contribution in [2.45, 2.75) is 20.4 Å². The van der Waals surface area contributed by atoms with Gasteiger partial charge in [0.05, 0.1) is 0 Å². The normalized spacial score (nSPS) is 10.5. The molecule has 0 radical (unpaired) electrons. The maximum atomic E-state index is 4.27. The monoisotopic (exact) mass is 226 g/mol. The topological polar surface area (TPSA) is 24.9 Å². The molecule has 2 aromatic rings. The van der Waals surface area contributed by atoms with Crippen LogP contribution in [-0.2, 0) is 6.54 Å². The summed E-state index contributed by atoms with van der Waals surface area (Å²) in [6, 6.07) is 8.74. The molecule has 88 valence electrons. The maximum absolute atomic E-state index is 4.27. The summed E-state index contributed by atoms with van der Waals surface area (Å²) in [7, 11) is 1.97. The van der Waals surface area contributed by atoms with E-state index in [4.69, 9.17) is 0 Å². The number of aryl methyl sites for hydroxylation is 2. The van der Waals surface area contributed by atoms with Crippen LogP contribution in [0.4, 0.5) is 0 Å².